The zero-order valence-corrected chi connectivity index (χ0v) is 15.0. The quantitative estimate of drug-likeness (QED) is 0.580. The number of carbonyl (C=O) groups excluding carboxylic acids is 3. The summed E-state index contributed by atoms with van der Waals surface area (Å²) in [6.45, 7) is 1.81. The van der Waals surface area contributed by atoms with Gasteiger partial charge in [-0.2, -0.15) is 0 Å². The fourth-order valence-corrected chi connectivity index (χ4v) is 3.15. The van der Waals surface area contributed by atoms with Gasteiger partial charge in [0.25, 0.3) is 0 Å². The lowest BCUT2D eigenvalue weighted by Gasteiger charge is -2.19. The number of nitrogens with zero attached hydrogens (tertiary/aromatic N) is 1. The highest BCUT2D eigenvalue weighted by atomic mass is 19.1. The van der Waals surface area contributed by atoms with Crippen LogP contribution in [0.15, 0.2) is 48.5 Å². The van der Waals surface area contributed by atoms with Crippen molar-refractivity contribution in [3.05, 3.63) is 65.5 Å². The number of anilines is 1. The van der Waals surface area contributed by atoms with Gasteiger partial charge in [-0.15, -0.1) is 0 Å². The van der Waals surface area contributed by atoms with E-state index in [9.17, 15) is 18.8 Å². The van der Waals surface area contributed by atoms with Crippen LogP contribution in [0.4, 0.5) is 10.1 Å². The van der Waals surface area contributed by atoms with Gasteiger partial charge in [-0.3, -0.25) is 14.4 Å². The van der Waals surface area contributed by atoms with Crippen LogP contribution < -0.4 is 4.90 Å². The van der Waals surface area contributed by atoms with E-state index >= 15 is 0 Å². The third-order valence-electron chi connectivity index (χ3n) is 4.63. The first-order valence-electron chi connectivity index (χ1n) is 8.83. The molecule has 1 amide bonds. The molecule has 2 aromatic rings. The third kappa shape index (κ3) is 4.22. The lowest BCUT2D eigenvalue weighted by molar-refractivity contribution is -0.147. The maximum Gasteiger partial charge on any atom is 0.311 e. The van der Waals surface area contributed by atoms with Gasteiger partial charge in [0.1, 0.15) is 5.82 Å². The Morgan fingerprint density at radius 3 is 2.56 bits per heavy atom. The van der Waals surface area contributed by atoms with Gasteiger partial charge >= 0.3 is 5.97 Å². The molecule has 1 unspecified atom stereocenters. The molecule has 0 spiro atoms. The van der Waals surface area contributed by atoms with Crippen molar-refractivity contribution in [1.29, 1.82) is 0 Å². The Kier molecular flexibility index (Phi) is 5.64. The van der Waals surface area contributed by atoms with Crippen LogP contribution in [0.5, 0.6) is 0 Å². The first-order chi connectivity index (χ1) is 13.0. The summed E-state index contributed by atoms with van der Waals surface area (Å²) in [5.74, 6) is -2.18. The fourth-order valence-electron chi connectivity index (χ4n) is 3.15. The molecule has 5 nitrogen and oxygen atoms in total. The molecule has 1 saturated heterocycles. The van der Waals surface area contributed by atoms with Gasteiger partial charge in [0.15, 0.2) is 12.4 Å². The van der Waals surface area contributed by atoms with Crippen LogP contribution in [0.1, 0.15) is 29.3 Å². The lowest BCUT2D eigenvalue weighted by Crippen LogP contribution is -2.28. The summed E-state index contributed by atoms with van der Waals surface area (Å²) in [5, 5.41) is 0. The van der Waals surface area contributed by atoms with Crippen LogP contribution in [0.3, 0.4) is 0 Å². The van der Waals surface area contributed by atoms with E-state index in [0.29, 0.717) is 0 Å². The van der Waals surface area contributed by atoms with E-state index in [2.05, 4.69) is 0 Å². The topological polar surface area (TPSA) is 63.7 Å². The normalized spacial score (nSPS) is 16.4. The van der Waals surface area contributed by atoms with Crippen LogP contribution in [-0.4, -0.2) is 30.8 Å². The predicted octanol–water partition coefficient (Wildman–Crippen LogP) is 3.17. The second-order valence-corrected chi connectivity index (χ2v) is 6.43. The van der Waals surface area contributed by atoms with Crippen molar-refractivity contribution in [3.8, 4) is 0 Å². The maximum absolute atomic E-state index is 12.9. The minimum atomic E-state index is -0.608. The minimum Gasteiger partial charge on any atom is -0.457 e. The Bertz CT molecular complexity index is 863. The van der Waals surface area contributed by atoms with Gasteiger partial charge in [-0.05, 0) is 42.3 Å². The number of ketones is 1. The molecule has 0 radical (unpaired) electrons. The van der Waals surface area contributed by atoms with E-state index in [1.54, 1.807) is 4.90 Å². The van der Waals surface area contributed by atoms with Crippen LogP contribution in [0, 0.1) is 11.7 Å². The van der Waals surface area contributed by atoms with Gasteiger partial charge < -0.3 is 9.64 Å². The summed E-state index contributed by atoms with van der Waals surface area (Å²) in [4.78, 5) is 38.3. The molecule has 140 valence electrons. The zero-order valence-electron chi connectivity index (χ0n) is 15.0. The number of rotatable bonds is 6. The molecule has 1 aliphatic heterocycles. The van der Waals surface area contributed by atoms with Crippen molar-refractivity contribution in [2.45, 2.75) is 19.8 Å². The number of benzene rings is 2. The lowest BCUT2D eigenvalue weighted by atomic mass is 10.1. The predicted molar refractivity (Wildman–Crippen MR) is 98.0 cm³/mol. The SMILES string of the molecule is CCc1ccccc1N1CC(C(=O)OCC(=O)c2ccc(F)cc2)CC1=O. The average molecular weight is 369 g/mol. The summed E-state index contributed by atoms with van der Waals surface area (Å²) in [6, 6.07) is 12.6. The smallest absolute Gasteiger partial charge is 0.311 e. The molecular formula is C21H20FNO4. The van der Waals surface area contributed by atoms with E-state index < -0.39 is 30.1 Å². The Morgan fingerprint density at radius 1 is 1.15 bits per heavy atom. The maximum atomic E-state index is 12.9. The number of amides is 1. The molecule has 27 heavy (non-hydrogen) atoms. The van der Waals surface area contributed by atoms with Crippen LogP contribution in [0.25, 0.3) is 0 Å². The Morgan fingerprint density at radius 2 is 1.85 bits per heavy atom. The van der Waals surface area contributed by atoms with E-state index in [1.165, 1.54) is 24.3 Å². The molecule has 0 N–H and O–H groups in total. The van der Waals surface area contributed by atoms with Gasteiger partial charge in [-0.25, -0.2) is 4.39 Å². The van der Waals surface area contributed by atoms with Crippen molar-refractivity contribution < 1.29 is 23.5 Å². The monoisotopic (exact) mass is 369 g/mol. The summed E-state index contributed by atoms with van der Waals surface area (Å²) in [5.41, 5.74) is 2.11. The highest BCUT2D eigenvalue weighted by Crippen LogP contribution is 2.29. The molecule has 2 aromatic carbocycles. The van der Waals surface area contributed by atoms with E-state index in [4.69, 9.17) is 4.74 Å². The number of Topliss-reactive ketones (excluding diaryl/α,β-unsaturated/α-hetero) is 1. The molecule has 0 bridgehead atoms. The number of aryl methyl sites for hydroxylation is 1. The molecule has 1 atom stereocenters. The number of carbonyl (C=O) groups is 3. The largest absolute Gasteiger partial charge is 0.457 e. The highest BCUT2D eigenvalue weighted by molar-refractivity contribution is 6.01. The zero-order chi connectivity index (χ0) is 19.4. The molecule has 0 aliphatic carbocycles. The van der Waals surface area contributed by atoms with Crippen molar-refractivity contribution in [1.82, 2.24) is 0 Å². The molecular weight excluding hydrogens is 349 g/mol. The molecule has 1 heterocycles. The van der Waals surface area contributed by atoms with E-state index in [0.717, 1.165) is 17.7 Å². The molecule has 3 rings (SSSR count). The Labute approximate surface area is 156 Å². The summed E-state index contributed by atoms with van der Waals surface area (Å²) >= 11 is 0. The molecule has 6 heteroatoms. The molecule has 1 aliphatic rings. The van der Waals surface area contributed by atoms with Crippen LogP contribution >= 0.6 is 0 Å². The van der Waals surface area contributed by atoms with Crippen molar-refractivity contribution in [2.24, 2.45) is 5.92 Å². The van der Waals surface area contributed by atoms with Gasteiger partial charge in [0.05, 0.1) is 5.92 Å². The second kappa shape index (κ2) is 8.12. The molecule has 0 saturated carbocycles. The summed E-state index contributed by atoms with van der Waals surface area (Å²) in [7, 11) is 0. The minimum absolute atomic E-state index is 0.0572. The highest BCUT2D eigenvalue weighted by Gasteiger charge is 2.37. The van der Waals surface area contributed by atoms with Crippen LogP contribution in [-0.2, 0) is 20.7 Å². The van der Waals surface area contributed by atoms with Crippen molar-refractivity contribution in [2.75, 3.05) is 18.1 Å². The second-order valence-electron chi connectivity index (χ2n) is 6.43. The van der Waals surface area contributed by atoms with Crippen LogP contribution in [0.2, 0.25) is 0 Å². The molecule has 1 fully saturated rings. The summed E-state index contributed by atoms with van der Waals surface area (Å²) in [6.07, 6.45) is 0.836. The number of hydrogen-bond donors (Lipinski definition) is 0. The number of esters is 1. The van der Waals surface area contributed by atoms with E-state index in [1.807, 2.05) is 31.2 Å². The fraction of sp³-hybridized carbons (Fsp3) is 0.286. The Balaban J connectivity index is 1.60. The standard InChI is InChI=1S/C21H20FNO4/c1-2-14-5-3-4-6-18(14)23-12-16(11-20(23)25)21(26)27-13-19(24)15-7-9-17(22)10-8-15/h3-10,16H,2,11-13H2,1H3. The van der Waals surface area contributed by atoms with Gasteiger partial charge in [0.2, 0.25) is 5.91 Å². The van der Waals surface area contributed by atoms with Gasteiger partial charge in [0, 0.05) is 24.2 Å². The van der Waals surface area contributed by atoms with Gasteiger partial charge in [-0.1, -0.05) is 25.1 Å². The number of halogens is 1. The first kappa shape index (κ1) is 18.8. The van der Waals surface area contributed by atoms with E-state index in [-0.39, 0.29) is 24.4 Å². The van der Waals surface area contributed by atoms with Crippen molar-refractivity contribution >= 4 is 23.3 Å². The third-order valence-corrected chi connectivity index (χ3v) is 4.63. The average Bonchev–Trinajstić information content (AvgIpc) is 3.08. The molecule has 0 aromatic heterocycles. The first-order valence-corrected chi connectivity index (χ1v) is 8.83. The number of para-hydroxylation sites is 1. The Hall–Kier alpha value is -3.02. The number of hydrogen-bond acceptors (Lipinski definition) is 4. The number of ether oxygens (including phenoxy) is 1. The summed E-state index contributed by atoms with van der Waals surface area (Å²) < 4.78 is 18.0. The van der Waals surface area contributed by atoms with Crippen molar-refractivity contribution in [3.63, 3.8) is 0 Å².